The fraction of sp³-hybridized carbons (Fsp3) is 0.833. The minimum absolute atomic E-state index is 0.759. The summed E-state index contributed by atoms with van der Waals surface area (Å²) in [7, 11) is 1.95. The van der Waals surface area contributed by atoms with Crippen molar-refractivity contribution in [3.05, 3.63) is 16.4 Å². The molecule has 0 aromatic carbocycles. The summed E-state index contributed by atoms with van der Waals surface area (Å²) in [4.78, 5) is 5.45. The molecule has 3 saturated heterocycles. The summed E-state index contributed by atoms with van der Waals surface area (Å²) in [6.45, 7) is 8.25. The maximum absolute atomic E-state index is 6.51. The molecular formula is C18H29ClN4. The number of rotatable bonds is 5. The van der Waals surface area contributed by atoms with Gasteiger partial charge in [-0.25, -0.2) is 0 Å². The first-order valence-electron chi connectivity index (χ1n) is 9.30. The van der Waals surface area contributed by atoms with Gasteiger partial charge in [-0.3, -0.25) is 14.5 Å². The summed E-state index contributed by atoms with van der Waals surface area (Å²) in [5.41, 5.74) is 2.43. The van der Waals surface area contributed by atoms with Gasteiger partial charge in [0.05, 0.1) is 5.69 Å². The molecule has 0 spiro atoms. The van der Waals surface area contributed by atoms with Gasteiger partial charge in [0.1, 0.15) is 5.15 Å². The second-order valence-corrected chi connectivity index (χ2v) is 8.24. The van der Waals surface area contributed by atoms with Gasteiger partial charge in [-0.15, -0.1) is 0 Å². The number of aryl methyl sites for hydroxylation is 2. The molecule has 0 amide bonds. The third-order valence-corrected chi connectivity index (χ3v) is 6.43. The Labute approximate surface area is 144 Å². The van der Waals surface area contributed by atoms with Crippen LogP contribution in [0.4, 0.5) is 0 Å². The van der Waals surface area contributed by atoms with Crippen molar-refractivity contribution in [2.75, 3.05) is 26.2 Å². The summed E-state index contributed by atoms with van der Waals surface area (Å²) >= 11 is 6.51. The molecule has 1 aromatic rings. The Morgan fingerprint density at radius 2 is 1.96 bits per heavy atom. The maximum atomic E-state index is 6.51. The van der Waals surface area contributed by atoms with Crippen molar-refractivity contribution < 1.29 is 0 Å². The third-order valence-electron chi connectivity index (χ3n) is 5.96. The maximum Gasteiger partial charge on any atom is 0.131 e. The number of fused-ring (bicyclic) bond motifs is 4. The molecule has 4 fully saturated rings. The first-order chi connectivity index (χ1) is 11.1. The lowest BCUT2D eigenvalue weighted by atomic mass is 9.95. The average molecular weight is 337 g/mol. The predicted molar refractivity (Wildman–Crippen MR) is 93.7 cm³/mol. The predicted octanol–water partition coefficient (Wildman–Crippen LogP) is 2.94. The second kappa shape index (κ2) is 6.38. The van der Waals surface area contributed by atoms with Crippen LogP contribution in [0.15, 0.2) is 0 Å². The summed E-state index contributed by atoms with van der Waals surface area (Å²) in [5.74, 6) is 1.84. The molecule has 3 aliphatic heterocycles. The highest BCUT2D eigenvalue weighted by atomic mass is 35.5. The van der Waals surface area contributed by atoms with Crippen molar-refractivity contribution in [2.45, 2.75) is 51.6 Å². The highest BCUT2D eigenvalue weighted by molar-refractivity contribution is 6.30. The zero-order valence-electron chi connectivity index (χ0n) is 14.5. The van der Waals surface area contributed by atoms with Crippen LogP contribution >= 0.6 is 11.6 Å². The Balaban J connectivity index is 1.48. The summed E-state index contributed by atoms with van der Waals surface area (Å²) < 4.78 is 1.83. The van der Waals surface area contributed by atoms with Crippen LogP contribution in [-0.4, -0.2) is 51.8 Å². The van der Waals surface area contributed by atoms with E-state index in [4.69, 9.17) is 11.6 Å². The van der Waals surface area contributed by atoms with Crippen LogP contribution in [0.2, 0.25) is 5.15 Å². The van der Waals surface area contributed by atoms with E-state index in [0.29, 0.717) is 0 Å². The zero-order valence-corrected chi connectivity index (χ0v) is 15.2. The average Bonchev–Trinajstić information content (AvgIpc) is 3.34. The van der Waals surface area contributed by atoms with Gasteiger partial charge in [0, 0.05) is 51.4 Å². The first-order valence-corrected chi connectivity index (χ1v) is 9.68. The first kappa shape index (κ1) is 15.9. The van der Waals surface area contributed by atoms with E-state index in [2.05, 4.69) is 21.8 Å². The van der Waals surface area contributed by atoms with E-state index in [1.54, 1.807) is 0 Å². The van der Waals surface area contributed by atoms with Gasteiger partial charge in [-0.1, -0.05) is 18.5 Å². The SMILES string of the molecule is CCc1nn(C)c(Cl)c1CN1C[C@H]2CC[C@@H](C1)N(CC1CC1)C2. The topological polar surface area (TPSA) is 24.3 Å². The monoisotopic (exact) mass is 336 g/mol. The minimum Gasteiger partial charge on any atom is -0.299 e. The molecule has 23 heavy (non-hydrogen) atoms. The molecule has 128 valence electrons. The van der Waals surface area contributed by atoms with Gasteiger partial charge < -0.3 is 0 Å². The van der Waals surface area contributed by atoms with Crippen molar-refractivity contribution >= 4 is 11.6 Å². The molecule has 5 heteroatoms. The Kier molecular flexibility index (Phi) is 4.41. The van der Waals surface area contributed by atoms with Crippen molar-refractivity contribution in [3.8, 4) is 0 Å². The molecule has 1 aliphatic carbocycles. The fourth-order valence-corrected chi connectivity index (χ4v) is 4.73. The van der Waals surface area contributed by atoms with Gasteiger partial charge in [-0.2, -0.15) is 5.10 Å². The largest absolute Gasteiger partial charge is 0.299 e. The minimum atomic E-state index is 0.759. The van der Waals surface area contributed by atoms with Gasteiger partial charge in [-0.05, 0) is 43.9 Å². The Morgan fingerprint density at radius 1 is 1.13 bits per heavy atom. The second-order valence-electron chi connectivity index (χ2n) is 7.88. The molecule has 0 unspecified atom stereocenters. The summed E-state index contributed by atoms with van der Waals surface area (Å²) in [6, 6.07) is 0.759. The van der Waals surface area contributed by atoms with E-state index in [-0.39, 0.29) is 0 Å². The van der Waals surface area contributed by atoms with Crippen LogP contribution in [0.25, 0.3) is 0 Å². The van der Waals surface area contributed by atoms with Crippen molar-refractivity contribution in [2.24, 2.45) is 18.9 Å². The lowest BCUT2D eigenvalue weighted by molar-refractivity contribution is 0.125. The lowest BCUT2D eigenvalue weighted by Gasteiger charge is -2.36. The number of halogens is 1. The number of nitrogens with zero attached hydrogens (tertiary/aromatic N) is 4. The van der Waals surface area contributed by atoms with Crippen LogP contribution < -0.4 is 0 Å². The number of hydrogen-bond donors (Lipinski definition) is 0. The number of hydrogen-bond acceptors (Lipinski definition) is 3. The summed E-state index contributed by atoms with van der Waals surface area (Å²) in [6.07, 6.45) is 6.68. The normalized spacial score (nSPS) is 29.2. The Morgan fingerprint density at radius 3 is 2.70 bits per heavy atom. The lowest BCUT2D eigenvalue weighted by Crippen LogP contribution is -2.44. The Hall–Kier alpha value is -0.580. The van der Waals surface area contributed by atoms with Crippen LogP contribution in [0.3, 0.4) is 0 Å². The van der Waals surface area contributed by atoms with E-state index < -0.39 is 0 Å². The molecule has 4 nitrogen and oxygen atoms in total. The van der Waals surface area contributed by atoms with E-state index in [1.165, 1.54) is 63.1 Å². The molecule has 0 N–H and O–H groups in total. The van der Waals surface area contributed by atoms with Gasteiger partial charge in [0.2, 0.25) is 0 Å². The zero-order chi connectivity index (χ0) is 16.0. The van der Waals surface area contributed by atoms with Gasteiger partial charge >= 0.3 is 0 Å². The molecule has 4 aliphatic rings. The summed E-state index contributed by atoms with van der Waals surface area (Å²) in [5, 5.41) is 5.41. The molecule has 1 saturated carbocycles. The molecule has 4 heterocycles. The molecular weight excluding hydrogens is 308 g/mol. The Bertz CT molecular complexity index is 566. The number of piperidine rings is 1. The highest BCUT2D eigenvalue weighted by Crippen LogP contribution is 2.35. The molecule has 1 aromatic heterocycles. The quantitative estimate of drug-likeness (QED) is 0.826. The van der Waals surface area contributed by atoms with Gasteiger partial charge in [0.25, 0.3) is 0 Å². The fourth-order valence-electron chi connectivity index (χ4n) is 4.52. The van der Waals surface area contributed by atoms with Gasteiger partial charge in [0.15, 0.2) is 0 Å². The van der Waals surface area contributed by atoms with Crippen molar-refractivity contribution in [1.82, 2.24) is 19.6 Å². The standard InChI is InChI=1S/C18H29ClN4/c1-3-17-16(18(19)21(2)20-17)12-22-8-14-6-7-15(11-22)23(10-14)9-13-4-5-13/h13-15H,3-12H2,1-2H3/t14-,15+/m1/s1. The molecule has 0 radical (unpaired) electrons. The molecule has 2 atom stereocenters. The van der Waals surface area contributed by atoms with E-state index in [0.717, 1.165) is 36.0 Å². The third kappa shape index (κ3) is 3.31. The van der Waals surface area contributed by atoms with Crippen molar-refractivity contribution in [1.29, 1.82) is 0 Å². The number of aromatic nitrogens is 2. The van der Waals surface area contributed by atoms with Crippen LogP contribution in [-0.2, 0) is 20.0 Å². The van der Waals surface area contributed by atoms with E-state index in [1.807, 2.05) is 11.7 Å². The molecule has 5 rings (SSSR count). The van der Waals surface area contributed by atoms with Crippen LogP contribution in [0.1, 0.15) is 43.9 Å². The highest BCUT2D eigenvalue weighted by Gasteiger charge is 2.37. The molecule has 2 bridgehead atoms. The van der Waals surface area contributed by atoms with Crippen LogP contribution in [0.5, 0.6) is 0 Å². The van der Waals surface area contributed by atoms with Crippen molar-refractivity contribution in [3.63, 3.8) is 0 Å². The van der Waals surface area contributed by atoms with E-state index >= 15 is 0 Å². The van der Waals surface area contributed by atoms with Crippen LogP contribution in [0, 0.1) is 11.8 Å². The van der Waals surface area contributed by atoms with E-state index in [9.17, 15) is 0 Å². The smallest absolute Gasteiger partial charge is 0.131 e.